The number of rotatable bonds is 8. The molecule has 1 saturated heterocycles. The Morgan fingerprint density at radius 2 is 1.74 bits per heavy atom. The number of nitrogens with zero attached hydrogens (tertiary/aromatic N) is 3. The van der Waals surface area contributed by atoms with E-state index in [1.54, 1.807) is 0 Å². The molecule has 0 unspecified atom stereocenters. The molecule has 1 radical (unpaired) electrons. The second-order valence-electron chi connectivity index (χ2n) is 9.94. The Kier molecular flexibility index (Phi) is 7.10. The number of aliphatic hydroxyl groups is 1. The van der Waals surface area contributed by atoms with Gasteiger partial charge < -0.3 is 14.3 Å². The minimum Gasteiger partial charge on any atom is -0.491 e. The van der Waals surface area contributed by atoms with Crippen LogP contribution in [0.5, 0.6) is 5.75 Å². The maximum atomic E-state index is 10.7. The van der Waals surface area contributed by atoms with Crippen LogP contribution in [0.15, 0.2) is 95.4 Å². The fourth-order valence-corrected chi connectivity index (χ4v) is 5.08. The molecule has 2 heterocycles. The molecular weight excluding hydrogens is 474 g/mol. The van der Waals surface area contributed by atoms with Gasteiger partial charge in [-0.25, -0.2) is 4.98 Å². The van der Waals surface area contributed by atoms with Gasteiger partial charge in [0.15, 0.2) is 5.58 Å². The third-order valence-electron chi connectivity index (χ3n) is 7.29. The lowest BCUT2D eigenvalue weighted by Crippen LogP contribution is -2.47. The van der Waals surface area contributed by atoms with Gasteiger partial charge in [-0.2, -0.15) is 0 Å². The highest BCUT2D eigenvalue weighted by atomic mass is 16.5. The first-order valence-electron chi connectivity index (χ1n) is 13.2. The largest absolute Gasteiger partial charge is 0.491 e. The summed E-state index contributed by atoms with van der Waals surface area (Å²) >= 11 is 0. The van der Waals surface area contributed by atoms with Gasteiger partial charge in [-0.15, -0.1) is 0 Å². The number of fused-ring (bicyclic) bond motifs is 2. The van der Waals surface area contributed by atoms with E-state index in [-0.39, 0.29) is 6.61 Å². The van der Waals surface area contributed by atoms with Crippen LogP contribution in [0.1, 0.15) is 18.5 Å². The van der Waals surface area contributed by atoms with E-state index in [9.17, 15) is 5.11 Å². The van der Waals surface area contributed by atoms with Crippen molar-refractivity contribution in [1.82, 2.24) is 14.8 Å². The molecule has 1 aromatic heterocycles. The van der Waals surface area contributed by atoms with Crippen LogP contribution in [0, 0.1) is 6.54 Å². The monoisotopic (exact) mass is 506 g/mol. The van der Waals surface area contributed by atoms with Gasteiger partial charge in [-0.3, -0.25) is 9.80 Å². The number of benzene rings is 4. The lowest BCUT2D eigenvalue weighted by molar-refractivity contribution is 0.0509. The van der Waals surface area contributed by atoms with Gasteiger partial charge in [-0.1, -0.05) is 54.6 Å². The fraction of sp³-hybridized carbons (Fsp3) is 0.250. The zero-order valence-electron chi connectivity index (χ0n) is 21.5. The molecule has 0 amide bonds. The zero-order chi connectivity index (χ0) is 25.9. The van der Waals surface area contributed by atoms with Gasteiger partial charge in [0.2, 0.25) is 5.89 Å². The van der Waals surface area contributed by atoms with Gasteiger partial charge in [0.25, 0.3) is 0 Å². The van der Waals surface area contributed by atoms with Gasteiger partial charge >= 0.3 is 0 Å². The number of hydrogen-bond donors (Lipinski definition) is 1. The molecule has 5 aromatic rings. The van der Waals surface area contributed by atoms with Crippen LogP contribution in [-0.4, -0.2) is 58.8 Å². The third kappa shape index (κ3) is 5.43. The first-order valence-corrected chi connectivity index (χ1v) is 13.2. The average molecular weight is 507 g/mol. The van der Waals surface area contributed by atoms with E-state index >= 15 is 0 Å². The molecule has 193 valence electrons. The molecule has 2 atom stereocenters. The second kappa shape index (κ2) is 11.0. The average Bonchev–Trinajstić information content (AvgIpc) is 3.40. The molecule has 1 aliphatic heterocycles. The second-order valence-corrected chi connectivity index (χ2v) is 9.94. The van der Waals surface area contributed by atoms with Crippen molar-refractivity contribution in [3.05, 3.63) is 103 Å². The van der Waals surface area contributed by atoms with Crippen molar-refractivity contribution in [3.63, 3.8) is 0 Å². The summed E-state index contributed by atoms with van der Waals surface area (Å²) < 4.78 is 11.8. The smallest absolute Gasteiger partial charge is 0.227 e. The SMILES string of the molecule is C[C@H](c1ccc2ccccc2c1)N1[CH]CN(C[C@@H](O)COc2ccc3oc(-c4ccccc4)nc3c2)CC1. The summed E-state index contributed by atoms with van der Waals surface area (Å²) in [7, 11) is 0. The topological polar surface area (TPSA) is 62.0 Å². The highest BCUT2D eigenvalue weighted by Gasteiger charge is 2.24. The van der Waals surface area contributed by atoms with Crippen LogP contribution < -0.4 is 4.74 Å². The van der Waals surface area contributed by atoms with E-state index in [1.807, 2.05) is 48.5 Å². The maximum Gasteiger partial charge on any atom is 0.227 e. The first-order chi connectivity index (χ1) is 18.6. The summed E-state index contributed by atoms with van der Waals surface area (Å²) in [5, 5.41) is 13.2. The van der Waals surface area contributed by atoms with Gasteiger partial charge in [-0.05, 0) is 53.6 Å². The van der Waals surface area contributed by atoms with Crippen molar-refractivity contribution < 1.29 is 14.3 Å². The van der Waals surface area contributed by atoms with E-state index in [0.717, 1.165) is 30.7 Å². The third-order valence-corrected chi connectivity index (χ3v) is 7.29. The van der Waals surface area contributed by atoms with Crippen molar-refractivity contribution in [2.24, 2.45) is 0 Å². The van der Waals surface area contributed by atoms with Gasteiger partial charge in [0.1, 0.15) is 24.0 Å². The highest BCUT2D eigenvalue weighted by molar-refractivity contribution is 5.83. The maximum absolute atomic E-state index is 10.7. The molecule has 1 aliphatic rings. The predicted octanol–water partition coefficient (Wildman–Crippen LogP) is 5.93. The van der Waals surface area contributed by atoms with Crippen LogP contribution in [-0.2, 0) is 0 Å². The standard InChI is InChI=1S/C32H32N3O3/c1-23(26-12-11-24-7-5-6-10-27(24)19-26)35-17-15-34(16-18-35)21-28(36)22-37-29-13-14-31-30(20-29)33-32(38-31)25-8-3-2-4-9-25/h2-14,17,19-20,23,28,36H,15-16,18,21-22H2,1H3/t23-,28-/m1/s1. The first kappa shape index (κ1) is 24.6. The van der Waals surface area contributed by atoms with Crippen molar-refractivity contribution in [1.29, 1.82) is 0 Å². The summed E-state index contributed by atoms with van der Waals surface area (Å²) in [6.45, 7) is 7.93. The normalized spacial score (nSPS) is 16.6. The number of piperazine rings is 1. The zero-order valence-corrected chi connectivity index (χ0v) is 21.5. The van der Waals surface area contributed by atoms with Gasteiger partial charge in [0, 0.05) is 50.4 Å². The Hall–Kier alpha value is -3.71. The van der Waals surface area contributed by atoms with Crippen molar-refractivity contribution in [3.8, 4) is 17.2 Å². The van der Waals surface area contributed by atoms with E-state index in [2.05, 4.69) is 70.7 Å². The summed E-state index contributed by atoms with van der Waals surface area (Å²) in [4.78, 5) is 9.27. The lowest BCUT2D eigenvalue weighted by atomic mass is 10.0. The number of ether oxygens (including phenoxy) is 1. The van der Waals surface area contributed by atoms with Crippen molar-refractivity contribution >= 4 is 21.9 Å². The quantitative estimate of drug-likeness (QED) is 0.282. The van der Waals surface area contributed by atoms with E-state index in [4.69, 9.17) is 9.15 Å². The van der Waals surface area contributed by atoms with Crippen LogP contribution in [0.3, 0.4) is 0 Å². The molecule has 38 heavy (non-hydrogen) atoms. The summed E-state index contributed by atoms with van der Waals surface area (Å²) in [5.74, 6) is 1.26. The van der Waals surface area contributed by atoms with Gasteiger partial charge in [0.05, 0.1) is 0 Å². The minimum atomic E-state index is -0.583. The molecule has 1 N–H and O–H groups in total. The highest BCUT2D eigenvalue weighted by Crippen LogP contribution is 2.28. The van der Waals surface area contributed by atoms with E-state index in [1.165, 1.54) is 16.3 Å². The number of aromatic nitrogens is 1. The van der Waals surface area contributed by atoms with Crippen LogP contribution in [0.25, 0.3) is 33.3 Å². The molecule has 0 bridgehead atoms. The number of β-amino-alcohol motifs (C(OH)–C–C–N with tert-alkyl or cyclic N) is 1. The fourth-order valence-electron chi connectivity index (χ4n) is 5.08. The Labute approximate surface area is 223 Å². The molecule has 6 rings (SSSR count). The van der Waals surface area contributed by atoms with Crippen LogP contribution in [0.2, 0.25) is 0 Å². The molecule has 6 nitrogen and oxygen atoms in total. The van der Waals surface area contributed by atoms with E-state index in [0.29, 0.717) is 29.8 Å². The molecule has 1 fully saturated rings. The number of aliphatic hydroxyl groups excluding tert-OH is 1. The predicted molar refractivity (Wildman–Crippen MR) is 151 cm³/mol. The lowest BCUT2D eigenvalue weighted by Gasteiger charge is -2.38. The number of oxazole rings is 1. The summed E-state index contributed by atoms with van der Waals surface area (Å²) in [6, 6.07) is 30.9. The van der Waals surface area contributed by atoms with Crippen molar-refractivity contribution in [2.75, 3.05) is 32.8 Å². The summed E-state index contributed by atoms with van der Waals surface area (Å²) in [6.07, 6.45) is -0.583. The summed E-state index contributed by atoms with van der Waals surface area (Å²) in [5.41, 5.74) is 3.71. The Morgan fingerprint density at radius 1 is 0.921 bits per heavy atom. The molecular formula is C32H32N3O3. The Bertz CT molecular complexity index is 1510. The van der Waals surface area contributed by atoms with Crippen LogP contribution in [0.4, 0.5) is 0 Å². The molecule has 4 aromatic carbocycles. The Morgan fingerprint density at radius 3 is 2.55 bits per heavy atom. The minimum absolute atomic E-state index is 0.225. The molecule has 0 spiro atoms. The van der Waals surface area contributed by atoms with Crippen LogP contribution >= 0.6 is 0 Å². The molecule has 6 heteroatoms. The number of hydrogen-bond acceptors (Lipinski definition) is 6. The molecule has 0 aliphatic carbocycles. The Balaban J connectivity index is 0.993. The van der Waals surface area contributed by atoms with Crippen molar-refractivity contribution in [2.45, 2.75) is 19.1 Å². The van der Waals surface area contributed by atoms with E-state index < -0.39 is 6.10 Å². The molecule has 0 saturated carbocycles.